The zero-order chi connectivity index (χ0) is 9.97. The highest BCUT2D eigenvalue weighted by molar-refractivity contribution is 5.57. The normalized spacial score (nSPS) is 10.4. The summed E-state index contributed by atoms with van der Waals surface area (Å²) in [5.74, 6) is -0.367. The van der Waals surface area contributed by atoms with Gasteiger partial charge < -0.3 is 4.52 Å². The van der Waals surface area contributed by atoms with E-state index in [1.165, 1.54) is 12.3 Å². The van der Waals surface area contributed by atoms with Gasteiger partial charge in [0.1, 0.15) is 17.8 Å². The molecule has 0 bridgehead atoms. The van der Waals surface area contributed by atoms with E-state index in [9.17, 15) is 4.39 Å². The number of rotatable bonds is 2. The molecule has 0 fully saturated rings. The van der Waals surface area contributed by atoms with E-state index in [4.69, 9.17) is 4.52 Å². The maximum absolute atomic E-state index is 12.6. The van der Waals surface area contributed by atoms with Gasteiger partial charge in [-0.05, 0) is 25.5 Å². The minimum Gasteiger partial charge on any atom is -0.364 e. The van der Waals surface area contributed by atoms with E-state index in [2.05, 4.69) is 17.1 Å². The van der Waals surface area contributed by atoms with Crippen LogP contribution >= 0.6 is 0 Å². The number of nitrogens with zero attached hydrogens (tertiary/aromatic N) is 2. The number of hydrogen-bond acceptors (Lipinski definition) is 3. The van der Waals surface area contributed by atoms with Crippen LogP contribution in [0.2, 0.25) is 0 Å². The monoisotopic (exact) mass is 191 g/mol. The van der Waals surface area contributed by atoms with E-state index in [1.54, 1.807) is 6.07 Å². The molecule has 2 rings (SSSR count). The molecule has 3 nitrogen and oxygen atoms in total. The molecule has 0 saturated carbocycles. The molecule has 2 heterocycles. The van der Waals surface area contributed by atoms with Gasteiger partial charge in [0, 0.05) is 5.56 Å². The van der Waals surface area contributed by atoms with Crippen molar-refractivity contribution in [2.24, 2.45) is 0 Å². The summed E-state index contributed by atoms with van der Waals surface area (Å²) in [4.78, 5) is 3.90. The third-order valence-electron chi connectivity index (χ3n) is 1.88. The fourth-order valence-corrected chi connectivity index (χ4v) is 1.16. The Balaban J connectivity index is 2.44. The summed E-state index contributed by atoms with van der Waals surface area (Å²) in [6.45, 7) is 3.73. The van der Waals surface area contributed by atoms with Gasteiger partial charge in [-0.15, -0.1) is 0 Å². The first-order valence-electron chi connectivity index (χ1n) is 4.15. The van der Waals surface area contributed by atoms with E-state index < -0.39 is 0 Å². The van der Waals surface area contributed by atoms with Gasteiger partial charge >= 0.3 is 0 Å². The van der Waals surface area contributed by atoms with Crippen molar-refractivity contribution in [1.82, 2.24) is 10.1 Å². The summed E-state index contributed by atoms with van der Waals surface area (Å²) in [6, 6.07) is 2.90. The molecule has 0 aromatic carbocycles. The molecule has 2 aromatic rings. The second-order valence-electron chi connectivity index (χ2n) is 2.80. The topological polar surface area (TPSA) is 38.9 Å². The lowest BCUT2D eigenvalue weighted by Gasteiger charge is -1.96. The molecular weight excluding hydrogens is 183 g/mol. The van der Waals surface area contributed by atoms with Crippen LogP contribution in [0.5, 0.6) is 0 Å². The van der Waals surface area contributed by atoms with Crippen LogP contribution in [-0.4, -0.2) is 10.1 Å². The average Bonchev–Trinajstić information content (AvgIpc) is 2.67. The standard InChI is InChI=1S/C10H8FN2O/c1-2-7-6-14-13-10(7)9-4-3-8(11)5-12-9/h3-6H,1-2H2. The molecular formula is C10H8FN2O. The van der Waals surface area contributed by atoms with Gasteiger partial charge in [0.2, 0.25) is 0 Å². The summed E-state index contributed by atoms with van der Waals surface area (Å²) in [5.41, 5.74) is 2.09. The Morgan fingerprint density at radius 3 is 2.93 bits per heavy atom. The molecule has 0 atom stereocenters. The number of pyridine rings is 1. The highest BCUT2D eigenvalue weighted by Gasteiger charge is 2.09. The predicted molar refractivity (Wildman–Crippen MR) is 48.8 cm³/mol. The van der Waals surface area contributed by atoms with E-state index in [0.717, 1.165) is 11.8 Å². The molecule has 0 amide bonds. The summed E-state index contributed by atoms with van der Waals surface area (Å²) in [7, 11) is 0. The summed E-state index contributed by atoms with van der Waals surface area (Å²) in [5, 5.41) is 3.79. The highest BCUT2D eigenvalue weighted by Crippen LogP contribution is 2.19. The van der Waals surface area contributed by atoms with E-state index in [0.29, 0.717) is 17.8 Å². The van der Waals surface area contributed by atoms with Crippen LogP contribution in [0, 0.1) is 12.7 Å². The van der Waals surface area contributed by atoms with Crippen LogP contribution in [0.4, 0.5) is 4.39 Å². The van der Waals surface area contributed by atoms with Gasteiger partial charge in [0.05, 0.1) is 11.9 Å². The van der Waals surface area contributed by atoms with Gasteiger partial charge in [-0.2, -0.15) is 0 Å². The third-order valence-corrected chi connectivity index (χ3v) is 1.88. The SMILES string of the molecule is [CH2]Cc1conc1-c1ccc(F)cn1. The smallest absolute Gasteiger partial charge is 0.141 e. The van der Waals surface area contributed by atoms with E-state index >= 15 is 0 Å². The molecule has 0 aliphatic rings. The van der Waals surface area contributed by atoms with Crippen LogP contribution in [-0.2, 0) is 6.42 Å². The van der Waals surface area contributed by atoms with Crippen LogP contribution in [0.1, 0.15) is 5.56 Å². The van der Waals surface area contributed by atoms with Crippen LogP contribution in [0.3, 0.4) is 0 Å². The Morgan fingerprint density at radius 2 is 2.29 bits per heavy atom. The fourth-order valence-electron chi connectivity index (χ4n) is 1.16. The molecule has 4 heteroatoms. The minimum absolute atomic E-state index is 0.367. The zero-order valence-electron chi connectivity index (χ0n) is 7.40. The average molecular weight is 191 g/mol. The lowest BCUT2D eigenvalue weighted by molar-refractivity contribution is 0.421. The Bertz CT molecular complexity index is 422. The second kappa shape index (κ2) is 3.57. The van der Waals surface area contributed by atoms with Gasteiger partial charge in [0.25, 0.3) is 0 Å². The summed E-state index contributed by atoms with van der Waals surface area (Å²) >= 11 is 0. The highest BCUT2D eigenvalue weighted by atomic mass is 19.1. The van der Waals surface area contributed by atoms with Crippen molar-refractivity contribution in [3.63, 3.8) is 0 Å². The van der Waals surface area contributed by atoms with Crippen LogP contribution in [0.15, 0.2) is 29.1 Å². The Morgan fingerprint density at radius 1 is 1.43 bits per heavy atom. The Labute approximate surface area is 80.6 Å². The van der Waals surface area contributed by atoms with Crippen LogP contribution in [0.25, 0.3) is 11.4 Å². The van der Waals surface area contributed by atoms with Gasteiger partial charge in [-0.1, -0.05) is 5.16 Å². The first-order valence-corrected chi connectivity index (χ1v) is 4.15. The van der Waals surface area contributed by atoms with Gasteiger partial charge in [0.15, 0.2) is 0 Å². The number of aromatic nitrogens is 2. The van der Waals surface area contributed by atoms with Crippen molar-refractivity contribution in [3.8, 4) is 11.4 Å². The Hall–Kier alpha value is -1.71. The first kappa shape index (κ1) is 8.87. The molecule has 0 N–H and O–H groups in total. The quantitative estimate of drug-likeness (QED) is 0.730. The second-order valence-corrected chi connectivity index (χ2v) is 2.80. The molecule has 0 aliphatic heterocycles. The molecule has 0 saturated heterocycles. The molecule has 0 spiro atoms. The fraction of sp³-hybridized carbons (Fsp3) is 0.100. The number of halogens is 1. The molecule has 2 aromatic heterocycles. The maximum Gasteiger partial charge on any atom is 0.141 e. The summed E-state index contributed by atoms with van der Waals surface area (Å²) in [6.07, 6.45) is 3.24. The van der Waals surface area contributed by atoms with Crippen molar-refractivity contribution in [2.75, 3.05) is 0 Å². The van der Waals surface area contributed by atoms with Gasteiger partial charge in [-0.3, -0.25) is 4.98 Å². The van der Waals surface area contributed by atoms with Crippen molar-refractivity contribution < 1.29 is 8.91 Å². The zero-order valence-corrected chi connectivity index (χ0v) is 7.40. The largest absolute Gasteiger partial charge is 0.364 e. The van der Waals surface area contributed by atoms with E-state index in [1.807, 2.05) is 0 Å². The lowest BCUT2D eigenvalue weighted by atomic mass is 10.1. The predicted octanol–water partition coefficient (Wildman–Crippen LogP) is 2.25. The summed E-state index contributed by atoms with van der Waals surface area (Å²) < 4.78 is 17.4. The molecule has 14 heavy (non-hydrogen) atoms. The number of hydrogen-bond donors (Lipinski definition) is 0. The molecule has 0 aliphatic carbocycles. The van der Waals surface area contributed by atoms with Crippen molar-refractivity contribution >= 4 is 0 Å². The van der Waals surface area contributed by atoms with E-state index in [-0.39, 0.29) is 5.82 Å². The van der Waals surface area contributed by atoms with Gasteiger partial charge in [-0.25, -0.2) is 4.39 Å². The maximum atomic E-state index is 12.6. The van der Waals surface area contributed by atoms with Crippen molar-refractivity contribution in [1.29, 1.82) is 0 Å². The van der Waals surface area contributed by atoms with Crippen molar-refractivity contribution in [3.05, 3.63) is 42.9 Å². The first-order chi connectivity index (χ1) is 6.81. The molecule has 0 unspecified atom stereocenters. The molecule has 71 valence electrons. The minimum atomic E-state index is -0.367. The van der Waals surface area contributed by atoms with Crippen molar-refractivity contribution in [2.45, 2.75) is 6.42 Å². The van der Waals surface area contributed by atoms with Crippen LogP contribution < -0.4 is 0 Å². The third kappa shape index (κ3) is 1.51. The Kier molecular flexibility index (Phi) is 2.26. The molecule has 1 radical (unpaired) electrons. The lowest BCUT2D eigenvalue weighted by Crippen LogP contribution is -1.88.